The van der Waals surface area contributed by atoms with E-state index in [9.17, 15) is 4.79 Å². The molecule has 0 saturated carbocycles. The molecule has 0 radical (unpaired) electrons. The van der Waals surface area contributed by atoms with Gasteiger partial charge < -0.3 is 10.2 Å². The molecule has 1 aromatic heterocycles. The normalized spacial score (nSPS) is 10.9. The lowest BCUT2D eigenvalue weighted by Gasteiger charge is -2.10. The van der Waals surface area contributed by atoms with Crippen LogP contribution in [-0.2, 0) is 19.6 Å². The van der Waals surface area contributed by atoms with Crippen LogP contribution in [0.3, 0.4) is 0 Å². The van der Waals surface area contributed by atoms with Crippen molar-refractivity contribution in [1.82, 2.24) is 20.0 Å². The molecule has 0 aliphatic heterocycles. The zero-order valence-electron chi connectivity index (χ0n) is 15.2. The first-order valence-electron chi connectivity index (χ1n) is 8.67. The van der Waals surface area contributed by atoms with Crippen LogP contribution in [0.25, 0.3) is 0 Å². The second-order valence-electron chi connectivity index (χ2n) is 6.65. The third kappa shape index (κ3) is 5.04. The molecule has 1 heterocycles. The van der Waals surface area contributed by atoms with Crippen molar-refractivity contribution < 1.29 is 4.79 Å². The number of nitrogens with one attached hydrogen (secondary N) is 1. The molecule has 0 aliphatic carbocycles. The van der Waals surface area contributed by atoms with Crippen LogP contribution in [0.15, 0.2) is 67.0 Å². The van der Waals surface area contributed by atoms with E-state index >= 15 is 0 Å². The number of carbonyl (C=O) groups is 1. The number of benzene rings is 2. The Labute approximate surface area is 154 Å². The van der Waals surface area contributed by atoms with Crippen LogP contribution in [0.4, 0.5) is 0 Å². The van der Waals surface area contributed by atoms with Crippen molar-refractivity contribution in [2.24, 2.45) is 0 Å². The molecular formula is C21H24N4O. The second kappa shape index (κ2) is 8.45. The smallest absolute Gasteiger partial charge is 0.251 e. The summed E-state index contributed by atoms with van der Waals surface area (Å²) in [5.74, 6) is -0.0720. The lowest BCUT2D eigenvalue weighted by Crippen LogP contribution is -2.22. The van der Waals surface area contributed by atoms with Crippen LogP contribution in [0.1, 0.15) is 27.0 Å². The van der Waals surface area contributed by atoms with Gasteiger partial charge in [-0.05, 0) is 37.4 Å². The van der Waals surface area contributed by atoms with Crippen molar-refractivity contribution >= 4 is 5.91 Å². The Morgan fingerprint density at radius 1 is 1.00 bits per heavy atom. The van der Waals surface area contributed by atoms with Gasteiger partial charge in [0.15, 0.2) is 0 Å². The first-order chi connectivity index (χ1) is 12.6. The highest BCUT2D eigenvalue weighted by molar-refractivity contribution is 5.94. The number of aromatic nitrogens is 2. The molecule has 0 spiro atoms. The van der Waals surface area contributed by atoms with E-state index in [2.05, 4.69) is 27.4 Å². The van der Waals surface area contributed by atoms with Crippen molar-refractivity contribution in [2.45, 2.75) is 19.6 Å². The molecule has 0 atom stereocenters. The molecule has 0 unspecified atom stereocenters. The predicted octanol–water partition coefficient (Wildman–Crippen LogP) is 2.92. The molecule has 3 aromatic rings. The first-order valence-corrected chi connectivity index (χ1v) is 8.67. The van der Waals surface area contributed by atoms with Crippen molar-refractivity contribution in [1.29, 1.82) is 0 Å². The monoisotopic (exact) mass is 348 g/mol. The molecule has 5 nitrogen and oxygen atoms in total. The minimum Gasteiger partial charge on any atom is -0.348 e. The fourth-order valence-corrected chi connectivity index (χ4v) is 2.77. The van der Waals surface area contributed by atoms with Gasteiger partial charge in [-0.15, -0.1) is 0 Å². The van der Waals surface area contributed by atoms with Gasteiger partial charge in [-0.1, -0.05) is 42.5 Å². The van der Waals surface area contributed by atoms with Crippen molar-refractivity contribution in [2.75, 3.05) is 14.1 Å². The number of rotatable bonds is 7. The molecule has 0 saturated heterocycles. The van der Waals surface area contributed by atoms with Gasteiger partial charge in [-0.25, -0.2) is 0 Å². The molecule has 0 aliphatic rings. The highest BCUT2D eigenvalue weighted by atomic mass is 16.1. The number of hydrogen-bond donors (Lipinski definition) is 1. The third-order valence-corrected chi connectivity index (χ3v) is 4.04. The quantitative estimate of drug-likeness (QED) is 0.714. The molecular weight excluding hydrogens is 324 g/mol. The van der Waals surface area contributed by atoms with Crippen LogP contribution < -0.4 is 5.32 Å². The fraction of sp³-hybridized carbons (Fsp3) is 0.238. The summed E-state index contributed by atoms with van der Waals surface area (Å²) in [6.45, 7) is 2.05. The van der Waals surface area contributed by atoms with E-state index in [0.717, 1.165) is 18.7 Å². The lowest BCUT2D eigenvalue weighted by atomic mass is 10.1. The Hall–Kier alpha value is -2.92. The highest BCUT2D eigenvalue weighted by Gasteiger charge is 2.07. The Balaban J connectivity index is 1.53. The van der Waals surface area contributed by atoms with Crippen molar-refractivity contribution in [3.05, 3.63) is 89.2 Å². The van der Waals surface area contributed by atoms with Gasteiger partial charge >= 0.3 is 0 Å². The molecule has 134 valence electrons. The number of amides is 1. The maximum absolute atomic E-state index is 12.3. The van der Waals surface area contributed by atoms with E-state index in [1.807, 2.05) is 67.4 Å². The summed E-state index contributed by atoms with van der Waals surface area (Å²) in [6.07, 6.45) is 3.76. The van der Waals surface area contributed by atoms with E-state index < -0.39 is 0 Å². The van der Waals surface area contributed by atoms with Gasteiger partial charge in [-0.2, -0.15) is 5.10 Å². The summed E-state index contributed by atoms with van der Waals surface area (Å²) in [7, 11) is 4.05. The molecule has 0 fully saturated rings. The Bertz CT molecular complexity index is 838. The summed E-state index contributed by atoms with van der Waals surface area (Å²) in [5.41, 5.74) is 4.04. The molecule has 2 aromatic carbocycles. The van der Waals surface area contributed by atoms with E-state index in [1.54, 1.807) is 6.20 Å². The molecule has 3 rings (SSSR count). The summed E-state index contributed by atoms with van der Waals surface area (Å²) in [5, 5.41) is 7.31. The zero-order valence-corrected chi connectivity index (χ0v) is 15.2. The summed E-state index contributed by atoms with van der Waals surface area (Å²) in [6, 6.07) is 17.9. The third-order valence-electron chi connectivity index (χ3n) is 4.04. The van der Waals surface area contributed by atoms with E-state index in [1.165, 1.54) is 11.1 Å². The minimum atomic E-state index is -0.0720. The zero-order chi connectivity index (χ0) is 18.4. The van der Waals surface area contributed by atoms with Gasteiger partial charge in [0.05, 0.1) is 12.7 Å². The molecule has 1 N–H and O–H groups in total. The van der Waals surface area contributed by atoms with Crippen LogP contribution in [0.5, 0.6) is 0 Å². The number of hydrogen-bond acceptors (Lipinski definition) is 3. The summed E-state index contributed by atoms with van der Waals surface area (Å²) in [4.78, 5) is 14.4. The lowest BCUT2D eigenvalue weighted by molar-refractivity contribution is 0.0951. The second-order valence-corrected chi connectivity index (χ2v) is 6.65. The van der Waals surface area contributed by atoms with E-state index in [4.69, 9.17) is 0 Å². The van der Waals surface area contributed by atoms with Crippen LogP contribution >= 0.6 is 0 Å². The SMILES string of the molecule is CN(C)Cc1ccc(C(=O)NCc2cnn(Cc3ccccc3)c2)cc1. The average Bonchev–Trinajstić information content (AvgIpc) is 3.08. The topological polar surface area (TPSA) is 50.2 Å². The van der Waals surface area contributed by atoms with Crippen LogP contribution in [0, 0.1) is 0 Å². The van der Waals surface area contributed by atoms with Gasteiger partial charge in [-0.3, -0.25) is 9.48 Å². The van der Waals surface area contributed by atoms with Crippen molar-refractivity contribution in [3.63, 3.8) is 0 Å². The van der Waals surface area contributed by atoms with Crippen LogP contribution in [0.2, 0.25) is 0 Å². The molecule has 26 heavy (non-hydrogen) atoms. The maximum atomic E-state index is 12.3. The van der Waals surface area contributed by atoms with E-state index in [-0.39, 0.29) is 5.91 Å². The average molecular weight is 348 g/mol. The van der Waals surface area contributed by atoms with Gasteiger partial charge in [0.25, 0.3) is 5.91 Å². The first kappa shape index (κ1) is 17.9. The van der Waals surface area contributed by atoms with Crippen molar-refractivity contribution in [3.8, 4) is 0 Å². The van der Waals surface area contributed by atoms with Gasteiger partial charge in [0, 0.05) is 30.4 Å². The predicted molar refractivity (Wildman–Crippen MR) is 103 cm³/mol. The van der Waals surface area contributed by atoms with Gasteiger partial charge in [0.1, 0.15) is 0 Å². The van der Waals surface area contributed by atoms with Gasteiger partial charge in [0.2, 0.25) is 0 Å². The summed E-state index contributed by atoms with van der Waals surface area (Å²) < 4.78 is 1.88. The van der Waals surface area contributed by atoms with E-state index in [0.29, 0.717) is 12.1 Å². The van der Waals surface area contributed by atoms with Crippen LogP contribution in [-0.4, -0.2) is 34.7 Å². The maximum Gasteiger partial charge on any atom is 0.251 e. The highest BCUT2D eigenvalue weighted by Crippen LogP contribution is 2.07. The largest absolute Gasteiger partial charge is 0.348 e. The Morgan fingerprint density at radius 3 is 2.42 bits per heavy atom. The Morgan fingerprint density at radius 2 is 1.73 bits per heavy atom. The minimum absolute atomic E-state index is 0.0720. The summed E-state index contributed by atoms with van der Waals surface area (Å²) >= 11 is 0. The number of nitrogens with zero attached hydrogens (tertiary/aromatic N) is 3. The standard InChI is InChI=1S/C21H24N4O/c1-24(2)14-18-8-10-20(11-9-18)21(26)22-12-19-13-23-25(16-19)15-17-6-4-3-5-7-17/h3-11,13,16H,12,14-15H2,1-2H3,(H,22,26). The Kier molecular flexibility index (Phi) is 5.81. The fourth-order valence-electron chi connectivity index (χ4n) is 2.77. The molecule has 0 bridgehead atoms. The number of carbonyl (C=O) groups excluding carboxylic acids is 1. The molecule has 1 amide bonds. The molecule has 5 heteroatoms.